The first-order chi connectivity index (χ1) is 7.54. The lowest BCUT2D eigenvalue weighted by Crippen LogP contribution is -1.99. The molecule has 0 aliphatic heterocycles. The van der Waals surface area contributed by atoms with Crippen molar-refractivity contribution in [2.24, 2.45) is 0 Å². The molecular weight excluding hydrogens is 226 g/mol. The zero-order chi connectivity index (χ0) is 11.8. The van der Waals surface area contributed by atoms with Crippen molar-refractivity contribution < 1.29 is 13.0 Å². The number of hydrogen-bond donors (Lipinski definition) is 1. The Morgan fingerprint density at radius 3 is 2.31 bits per heavy atom. The van der Waals surface area contributed by atoms with Gasteiger partial charge in [-0.3, -0.25) is 4.55 Å². The molecule has 0 spiro atoms. The van der Waals surface area contributed by atoms with E-state index in [1.807, 2.05) is 6.07 Å². The Balaban J connectivity index is 2.97. The predicted molar refractivity (Wildman–Crippen MR) is 58.5 cm³/mol. The van der Waals surface area contributed by atoms with E-state index >= 15 is 0 Å². The van der Waals surface area contributed by atoms with E-state index in [9.17, 15) is 8.42 Å². The second-order valence-electron chi connectivity index (χ2n) is 3.24. The maximum atomic E-state index is 11.1. The van der Waals surface area contributed by atoms with Crippen LogP contribution in [0.3, 0.4) is 0 Å². The fourth-order valence-corrected chi connectivity index (χ4v) is 2.31. The summed E-state index contributed by atoms with van der Waals surface area (Å²) in [7, 11) is -4.26. The first-order valence-corrected chi connectivity index (χ1v) is 5.87. The van der Waals surface area contributed by atoms with Gasteiger partial charge in [-0.1, -0.05) is 24.3 Å². The van der Waals surface area contributed by atoms with Crippen molar-refractivity contribution in [3.63, 3.8) is 0 Å². The second kappa shape index (κ2) is 3.59. The molecule has 0 saturated heterocycles. The third kappa shape index (κ3) is 1.65. The van der Waals surface area contributed by atoms with Gasteiger partial charge in [0.1, 0.15) is 4.90 Å². The van der Waals surface area contributed by atoms with Gasteiger partial charge in [0.25, 0.3) is 10.1 Å². The molecular formula is C11H7NO3S. The topological polar surface area (TPSA) is 78.2 Å². The summed E-state index contributed by atoms with van der Waals surface area (Å²) in [6, 6.07) is 11.1. The van der Waals surface area contributed by atoms with E-state index in [1.165, 1.54) is 12.1 Å². The summed E-state index contributed by atoms with van der Waals surface area (Å²) in [4.78, 5) is -0.179. The number of nitriles is 1. The Labute approximate surface area is 92.5 Å². The molecule has 0 saturated carbocycles. The molecule has 0 aliphatic rings. The van der Waals surface area contributed by atoms with E-state index in [1.54, 1.807) is 24.3 Å². The molecule has 5 heteroatoms. The van der Waals surface area contributed by atoms with E-state index in [2.05, 4.69) is 0 Å². The van der Waals surface area contributed by atoms with E-state index < -0.39 is 10.1 Å². The number of fused-ring (bicyclic) bond motifs is 1. The number of benzene rings is 2. The van der Waals surface area contributed by atoms with Crippen molar-refractivity contribution in [2.45, 2.75) is 4.90 Å². The van der Waals surface area contributed by atoms with Gasteiger partial charge in [-0.25, -0.2) is 0 Å². The minimum absolute atomic E-state index is 0.179. The van der Waals surface area contributed by atoms with E-state index in [0.717, 1.165) is 0 Å². The summed E-state index contributed by atoms with van der Waals surface area (Å²) in [5.41, 5.74) is 0.378. The Kier molecular flexibility index (Phi) is 2.38. The maximum Gasteiger partial charge on any atom is 0.295 e. The molecule has 4 nitrogen and oxygen atoms in total. The van der Waals surface area contributed by atoms with Crippen molar-refractivity contribution in [1.82, 2.24) is 0 Å². The quantitative estimate of drug-likeness (QED) is 0.763. The molecule has 80 valence electrons. The highest BCUT2D eigenvalue weighted by Gasteiger charge is 2.14. The van der Waals surface area contributed by atoms with Gasteiger partial charge in [0.05, 0.1) is 11.6 Å². The van der Waals surface area contributed by atoms with Crippen molar-refractivity contribution in [3.05, 3.63) is 42.0 Å². The normalized spacial score (nSPS) is 11.2. The molecule has 2 aromatic rings. The predicted octanol–water partition coefficient (Wildman–Crippen LogP) is 1.96. The zero-order valence-corrected chi connectivity index (χ0v) is 8.90. The van der Waals surface area contributed by atoms with Gasteiger partial charge >= 0.3 is 0 Å². The molecule has 16 heavy (non-hydrogen) atoms. The minimum Gasteiger partial charge on any atom is -0.282 e. The van der Waals surface area contributed by atoms with Crippen LogP contribution in [-0.4, -0.2) is 13.0 Å². The molecule has 0 unspecified atom stereocenters. The standard InChI is InChI=1S/C11H7NO3S/c12-7-8-3-1-5-10-9(8)4-2-6-11(10)16(13,14)15/h1-6H,(H,13,14,15). The molecule has 0 bridgehead atoms. The summed E-state index contributed by atoms with van der Waals surface area (Å²) >= 11 is 0. The first-order valence-electron chi connectivity index (χ1n) is 4.43. The van der Waals surface area contributed by atoms with Crippen LogP contribution in [0.2, 0.25) is 0 Å². The summed E-state index contributed by atoms with van der Waals surface area (Å²) in [6.07, 6.45) is 0. The summed E-state index contributed by atoms with van der Waals surface area (Å²) in [5, 5.41) is 9.73. The lowest BCUT2D eigenvalue weighted by molar-refractivity contribution is 0.484. The first kappa shape index (κ1) is 10.6. The average Bonchev–Trinajstić information content (AvgIpc) is 2.26. The monoisotopic (exact) mass is 233 g/mol. The van der Waals surface area contributed by atoms with E-state index in [0.29, 0.717) is 16.3 Å². The third-order valence-corrected chi connectivity index (χ3v) is 3.19. The fraction of sp³-hybridized carbons (Fsp3) is 0. The molecule has 0 fully saturated rings. The molecule has 0 atom stereocenters. The summed E-state index contributed by atoms with van der Waals surface area (Å²) < 4.78 is 31.3. The molecule has 2 rings (SSSR count). The third-order valence-electron chi connectivity index (χ3n) is 2.28. The number of nitrogens with zero attached hydrogens (tertiary/aromatic N) is 1. The van der Waals surface area contributed by atoms with Crippen LogP contribution in [0.1, 0.15) is 5.56 Å². The van der Waals surface area contributed by atoms with E-state index in [-0.39, 0.29) is 4.90 Å². The number of hydrogen-bond acceptors (Lipinski definition) is 3. The van der Waals surface area contributed by atoms with Crippen LogP contribution in [0.4, 0.5) is 0 Å². The summed E-state index contributed by atoms with van der Waals surface area (Å²) in [5.74, 6) is 0. The Hall–Kier alpha value is -1.90. The molecule has 0 radical (unpaired) electrons. The van der Waals surface area contributed by atoms with Gasteiger partial charge < -0.3 is 0 Å². The van der Waals surface area contributed by atoms with Crippen LogP contribution < -0.4 is 0 Å². The summed E-state index contributed by atoms with van der Waals surface area (Å²) in [6.45, 7) is 0. The highest BCUT2D eigenvalue weighted by atomic mass is 32.2. The largest absolute Gasteiger partial charge is 0.295 e. The van der Waals surface area contributed by atoms with Crippen LogP contribution in [0.15, 0.2) is 41.3 Å². The van der Waals surface area contributed by atoms with E-state index in [4.69, 9.17) is 9.81 Å². The van der Waals surface area contributed by atoms with Crippen molar-refractivity contribution in [1.29, 1.82) is 5.26 Å². The van der Waals surface area contributed by atoms with Crippen LogP contribution in [0, 0.1) is 11.3 Å². The highest BCUT2D eigenvalue weighted by molar-refractivity contribution is 7.86. The van der Waals surface area contributed by atoms with Crippen molar-refractivity contribution in [2.75, 3.05) is 0 Å². The SMILES string of the molecule is N#Cc1cccc2c(S(=O)(=O)O)cccc12. The van der Waals surface area contributed by atoms with Gasteiger partial charge in [-0.15, -0.1) is 0 Å². The van der Waals surface area contributed by atoms with Gasteiger partial charge in [-0.05, 0) is 12.1 Å². The maximum absolute atomic E-state index is 11.1. The highest BCUT2D eigenvalue weighted by Crippen LogP contribution is 2.25. The Morgan fingerprint density at radius 1 is 1.06 bits per heavy atom. The molecule has 0 aromatic heterocycles. The molecule has 0 amide bonds. The zero-order valence-electron chi connectivity index (χ0n) is 8.08. The molecule has 0 aliphatic carbocycles. The Bertz CT molecular complexity index is 699. The average molecular weight is 233 g/mol. The second-order valence-corrected chi connectivity index (χ2v) is 4.63. The van der Waals surface area contributed by atoms with Crippen molar-refractivity contribution in [3.8, 4) is 6.07 Å². The van der Waals surface area contributed by atoms with Gasteiger partial charge in [0.2, 0.25) is 0 Å². The minimum atomic E-state index is -4.26. The smallest absolute Gasteiger partial charge is 0.282 e. The lowest BCUT2D eigenvalue weighted by Gasteiger charge is -2.04. The molecule has 0 heterocycles. The Morgan fingerprint density at radius 2 is 1.69 bits per heavy atom. The molecule has 1 N–H and O–H groups in total. The van der Waals surface area contributed by atoms with Gasteiger partial charge in [-0.2, -0.15) is 13.7 Å². The fourth-order valence-electron chi connectivity index (χ4n) is 1.60. The van der Waals surface area contributed by atoms with Crippen LogP contribution in [-0.2, 0) is 10.1 Å². The van der Waals surface area contributed by atoms with Crippen molar-refractivity contribution >= 4 is 20.9 Å². The van der Waals surface area contributed by atoms with Gasteiger partial charge in [0, 0.05) is 10.8 Å². The molecule has 2 aromatic carbocycles. The number of rotatable bonds is 1. The van der Waals surface area contributed by atoms with Gasteiger partial charge in [0.15, 0.2) is 0 Å². The van der Waals surface area contributed by atoms with Crippen LogP contribution in [0.25, 0.3) is 10.8 Å². The lowest BCUT2D eigenvalue weighted by atomic mass is 10.1. The van der Waals surface area contributed by atoms with Crippen LogP contribution in [0.5, 0.6) is 0 Å². The van der Waals surface area contributed by atoms with Crippen LogP contribution >= 0.6 is 0 Å².